The number of hydrogen-bond donors (Lipinski definition) is 3. The molecule has 1 saturated carbocycles. The molecule has 0 aliphatic heterocycles. The fourth-order valence-electron chi connectivity index (χ4n) is 2.24. The number of anilines is 1. The van der Waals surface area contributed by atoms with E-state index >= 15 is 0 Å². The number of benzene rings is 1. The quantitative estimate of drug-likeness (QED) is 0.711. The predicted molar refractivity (Wildman–Crippen MR) is 75.9 cm³/mol. The van der Waals surface area contributed by atoms with Crippen molar-refractivity contribution in [3.8, 4) is 5.75 Å². The summed E-state index contributed by atoms with van der Waals surface area (Å²) < 4.78 is 32.2. The van der Waals surface area contributed by atoms with Crippen molar-refractivity contribution in [3.63, 3.8) is 0 Å². The van der Waals surface area contributed by atoms with Gasteiger partial charge in [0.05, 0.1) is 23.8 Å². The second-order valence-electron chi connectivity index (χ2n) is 5.65. The van der Waals surface area contributed by atoms with Crippen molar-refractivity contribution in [2.24, 2.45) is 5.41 Å². The minimum atomic E-state index is -3.66. The number of aliphatic hydroxyl groups excluding tert-OH is 1. The summed E-state index contributed by atoms with van der Waals surface area (Å²) in [5.74, 6) is 0.434. The molecule has 1 fully saturated rings. The van der Waals surface area contributed by atoms with E-state index in [2.05, 4.69) is 4.72 Å². The maximum Gasteiger partial charge on any atom is 0.240 e. The molecule has 1 aromatic carbocycles. The van der Waals surface area contributed by atoms with E-state index in [0.29, 0.717) is 12.2 Å². The molecule has 6 nitrogen and oxygen atoms in total. The molecule has 1 aliphatic rings. The number of nitrogen functional groups attached to an aromatic ring is 1. The maximum absolute atomic E-state index is 12.3. The summed E-state index contributed by atoms with van der Waals surface area (Å²) in [5.41, 5.74) is 5.52. The van der Waals surface area contributed by atoms with Crippen LogP contribution in [0, 0.1) is 5.41 Å². The van der Waals surface area contributed by atoms with Crippen LogP contribution in [0.15, 0.2) is 23.1 Å². The van der Waals surface area contributed by atoms with E-state index < -0.39 is 21.5 Å². The van der Waals surface area contributed by atoms with Gasteiger partial charge >= 0.3 is 0 Å². The van der Waals surface area contributed by atoms with Gasteiger partial charge in [0, 0.05) is 11.5 Å². The van der Waals surface area contributed by atoms with E-state index in [1.807, 2.05) is 13.8 Å². The Morgan fingerprint density at radius 1 is 1.45 bits per heavy atom. The summed E-state index contributed by atoms with van der Waals surface area (Å²) in [5, 5.41) is 9.65. The molecule has 1 aromatic rings. The Labute approximate surface area is 119 Å². The van der Waals surface area contributed by atoms with E-state index in [-0.39, 0.29) is 16.6 Å². The SMILES string of the molecule is COc1ccc(S(=O)(=O)NC2CC(O)C2(C)C)cc1N. The number of hydrogen-bond acceptors (Lipinski definition) is 5. The van der Waals surface area contributed by atoms with Crippen LogP contribution in [0.25, 0.3) is 0 Å². The Morgan fingerprint density at radius 3 is 2.55 bits per heavy atom. The standard InChI is InChI=1S/C13H20N2O4S/c1-13(2)11(7-12(13)16)15-20(17,18)8-4-5-10(19-3)9(14)6-8/h4-6,11-12,15-16H,7,14H2,1-3H3. The average molecular weight is 300 g/mol. The average Bonchev–Trinajstić information content (AvgIpc) is 2.38. The monoisotopic (exact) mass is 300 g/mol. The molecule has 2 atom stereocenters. The third-order valence-corrected chi connectivity index (χ3v) is 5.49. The molecule has 0 saturated heterocycles. The number of rotatable bonds is 4. The molecular weight excluding hydrogens is 280 g/mol. The van der Waals surface area contributed by atoms with Gasteiger partial charge in [0.2, 0.25) is 10.0 Å². The Balaban J connectivity index is 2.21. The van der Waals surface area contributed by atoms with Crippen LogP contribution < -0.4 is 15.2 Å². The van der Waals surface area contributed by atoms with Crippen LogP contribution in [-0.2, 0) is 10.0 Å². The van der Waals surface area contributed by atoms with Crippen LogP contribution in [-0.4, -0.2) is 32.8 Å². The van der Waals surface area contributed by atoms with Gasteiger partial charge in [0.15, 0.2) is 0 Å². The molecular formula is C13H20N2O4S. The van der Waals surface area contributed by atoms with E-state index in [9.17, 15) is 13.5 Å². The highest BCUT2D eigenvalue weighted by molar-refractivity contribution is 7.89. The lowest BCUT2D eigenvalue weighted by Gasteiger charge is -2.49. The van der Waals surface area contributed by atoms with Crippen molar-refractivity contribution in [2.45, 2.75) is 37.3 Å². The molecule has 0 spiro atoms. The van der Waals surface area contributed by atoms with Crippen molar-refractivity contribution in [1.82, 2.24) is 4.72 Å². The number of nitrogens with one attached hydrogen (secondary N) is 1. The predicted octanol–water partition coefficient (Wildman–Crippen LogP) is 0.715. The highest BCUT2D eigenvalue weighted by Crippen LogP contribution is 2.41. The molecule has 112 valence electrons. The van der Waals surface area contributed by atoms with Gasteiger partial charge in [-0.3, -0.25) is 0 Å². The van der Waals surface area contributed by atoms with Crippen LogP contribution in [0.3, 0.4) is 0 Å². The summed E-state index contributed by atoms with van der Waals surface area (Å²) in [7, 11) is -2.19. The largest absolute Gasteiger partial charge is 0.495 e. The molecule has 20 heavy (non-hydrogen) atoms. The molecule has 4 N–H and O–H groups in total. The molecule has 0 bridgehead atoms. The minimum absolute atomic E-state index is 0.0907. The second kappa shape index (κ2) is 4.91. The van der Waals surface area contributed by atoms with E-state index in [1.165, 1.54) is 25.3 Å². The molecule has 2 unspecified atom stereocenters. The van der Waals surface area contributed by atoms with Gasteiger partial charge < -0.3 is 15.6 Å². The molecule has 0 aromatic heterocycles. The maximum atomic E-state index is 12.3. The van der Waals surface area contributed by atoms with Crippen molar-refractivity contribution in [1.29, 1.82) is 0 Å². The van der Waals surface area contributed by atoms with Gasteiger partial charge in [0.25, 0.3) is 0 Å². The second-order valence-corrected chi connectivity index (χ2v) is 7.36. The topological polar surface area (TPSA) is 102 Å². The highest BCUT2D eigenvalue weighted by atomic mass is 32.2. The van der Waals surface area contributed by atoms with Gasteiger partial charge in [-0.15, -0.1) is 0 Å². The fraction of sp³-hybridized carbons (Fsp3) is 0.538. The summed E-state index contributed by atoms with van der Waals surface area (Å²) >= 11 is 0. The fourth-order valence-corrected chi connectivity index (χ4v) is 3.68. The number of methoxy groups -OCH3 is 1. The summed E-state index contributed by atoms with van der Waals surface area (Å²) in [6, 6.07) is 4.04. The van der Waals surface area contributed by atoms with Crippen LogP contribution in [0.2, 0.25) is 0 Å². The first kappa shape index (κ1) is 15.1. The minimum Gasteiger partial charge on any atom is -0.495 e. The molecule has 2 rings (SSSR count). The Bertz CT molecular complexity index is 613. The number of nitrogens with two attached hydrogens (primary N) is 1. The van der Waals surface area contributed by atoms with Crippen LogP contribution in [0.4, 0.5) is 5.69 Å². The van der Waals surface area contributed by atoms with E-state index in [1.54, 1.807) is 0 Å². The smallest absolute Gasteiger partial charge is 0.240 e. The normalized spacial score (nSPS) is 25.0. The Hall–Kier alpha value is -1.31. The Kier molecular flexibility index (Phi) is 3.70. The zero-order valence-corrected chi connectivity index (χ0v) is 12.6. The van der Waals surface area contributed by atoms with Crippen molar-refractivity contribution >= 4 is 15.7 Å². The van der Waals surface area contributed by atoms with Crippen molar-refractivity contribution in [2.75, 3.05) is 12.8 Å². The zero-order valence-electron chi connectivity index (χ0n) is 11.8. The van der Waals surface area contributed by atoms with Crippen molar-refractivity contribution < 1.29 is 18.3 Å². The lowest BCUT2D eigenvalue weighted by Crippen LogP contribution is -2.61. The van der Waals surface area contributed by atoms with Crippen LogP contribution in [0.1, 0.15) is 20.3 Å². The van der Waals surface area contributed by atoms with Gasteiger partial charge in [0.1, 0.15) is 5.75 Å². The third-order valence-electron chi connectivity index (χ3n) is 4.02. The van der Waals surface area contributed by atoms with Gasteiger partial charge in [-0.1, -0.05) is 13.8 Å². The van der Waals surface area contributed by atoms with Gasteiger partial charge in [-0.25, -0.2) is 13.1 Å². The zero-order chi connectivity index (χ0) is 15.1. The molecule has 0 amide bonds. The highest BCUT2D eigenvalue weighted by Gasteiger charge is 2.48. The summed E-state index contributed by atoms with van der Waals surface area (Å²) in [6.07, 6.45) is -0.0751. The lowest BCUT2D eigenvalue weighted by atomic mass is 9.65. The summed E-state index contributed by atoms with van der Waals surface area (Å²) in [6.45, 7) is 3.66. The van der Waals surface area contributed by atoms with Crippen molar-refractivity contribution in [3.05, 3.63) is 18.2 Å². The van der Waals surface area contributed by atoms with E-state index in [0.717, 1.165) is 0 Å². The lowest BCUT2D eigenvalue weighted by molar-refractivity contribution is -0.0645. The van der Waals surface area contributed by atoms with E-state index in [4.69, 9.17) is 10.5 Å². The number of sulfonamides is 1. The van der Waals surface area contributed by atoms with Crippen LogP contribution >= 0.6 is 0 Å². The summed E-state index contributed by atoms with van der Waals surface area (Å²) in [4.78, 5) is 0.0907. The third kappa shape index (κ3) is 2.48. The molecule has 0 heterocycles. The molecule has 1 aliphatic carbocycles. The first-order chi connectivity index (χ1) is 9.18. The number of aliphatic hydroxyl groups is 1. The Morgan fingerprint density at radius 2 is 2.10 bits per heavy atom. The first-order valence-corrected chi connectivity index (χ1v) is 7.80. The molecule has 0 radical (unpaired) electrons. The van der Waals surface area contributed by atoms with Crippen LogP contribution in [0.5, 0.6) is 5.75 Å². The number of ether oxygens (including phenoxy) is 1. The van der Waals surface area contributed by atoms with Gasteiger partial charge in [-0.2, -0.15) is 0 Å². The van der Waals surface area contributed by atoms with Gasteiger partial charge in [-0.05, 0) is 24.6 Å². The first-order valence-electron chi connectivity index (χ1n) is 6.32. The molecule has 7 heteroatoms.